The van der Waals surface area contributed by atoms with Crippen molar-refractivity contribution in [2.45, 2.75) is 19.3 Å². The molecule has 0 atom stereocenters. The molecule has 0 aliphatic carbocycles. The van der Waals surface area contributed by atoms with Crippen molar-refractivity contribution < 1.29 is 9.13 Å². The molecule has 0 fully saturated rings. The van der Waals surface area contributed by atoms with Gasteiger partial charge in [0.1, 0.15) is 11.5 Å². The fourth-order valence-corrected chi connectivity index (χ4v) is 3.16. The number of benzene rings is 1. The molecule has 23 heavy (non-hydrogen) atoms. The highest BCUT2D eigenvalue weighted by molar-refractivity contribution is 6.99. The summed E-state index contributed by atoms with van der Waals surface area (Å²) in [5.74, 6) is 0.435. The minimum Gasteiger partial charge on any atom is -0.475 e. The minimum absolute atomic E-state index is 0.200. The largest absolute Gasteiger partial charge is 0.475 e. The molecule has 0 saturated carbocycles. The second-order valence-electron chi connectivity index (χ2n) is 5.75. The quantitative estimate of drug-likeness (QED) is 0.760. The van der Waals surface area contributed by atoms with Gasteiger partial charge in [0.2, 0.25) is 0 Å². The molecular formula is C17H20FN3OS. The van der Waals surface area contributed by atoms with Gasteiger partial charge in [0.15, 0.2) is 0 Å². The summed E-state index contributed by atoms with van der Waals surface area (Å²) in [7, 11) is 2.11. The van der Waals surface area contributed by atoms with Crippen molar-refractivity contribution in [3.63, 3.8) is 0 Å². The normalized spacial score (nSPS) is 15.5. The number of halogens is 1. The maximum absolute atomic E-state index is 12.9. The van der Waals surface area contributed by atoms with Crippen molar-refractivity contribution in [2.24, 2.45) is 0 Å². The molecule has 0 N–H and O–H groups in total. The molecule has 0 saturated heterocycles. The first-order valence-corrected chi connectivity index (χ1v) is 8.53. The molecule has 122 valence electrons. The summed E-state index contributed by atoms with van der Waals surface area (Å²) in [4.78, 5) is 2.27. The molecule has 0 amide bonds. The average Bonchev–Trinajstić information content (AvgIpc) is 3.02. The molecule has 0 radical (unpaired) electrons. The SMILES string of the molecule is CN1CCC=C(c2nsnc2OCCCc2ccc(F)cc2)C1. The van der Waals surface area contributed by atoms with Crippen LogP contribution in [0.3, 0.4) is 0 Å². The predicted octanol–water partition coefficient (Wildman–Crippen LogP) is 3.41. The van der Waals surface area contributed by atoms with Crippen molar-refractivity contribution >= 4 is 17.3 Å². The van der Waals surface area contributed by atoms with Crippen molar-refractivity contribution in [1.82, 2.24) is 13.6 Å². The summed E-state index contributed by atoms with van der Waals surface area (Å²) < 4.78 is 27.3. The van der Waals surface area contributed by atoms with E-state index in [1.165, 1.54) is 29.4 Å². The molecular weight excluding hydrogens is 313 g/mol. The smallest absolute Gasteiger partial charge is 0.253 e. The van der Waals surface area contributed by atoms with Crippen LogP contribution in [-0.4, -0.2) is 40.4 Å². The highest BCUT2D eigenvalue weighted by Gasteiger charge is 2.18. The lowest BCUT2D eigenvalue weighted by Gasteiger charge is -2.22. The van der Waals surface area contributed by atoms with Crippen molar-refractivity contribution in [2.75, 3.05) is 26.7 Å². The van der Waals surface area contributed by atoms with E-state index in [-0.39, 0.29) is 5.82 Å². The highest BCUT2D eigenvalue weighted by atomic mass is 32.1. The zero-order valence-corrected chi connectivity index (χ0v) is 14.0. The van der Waals surface area contributed by atoms with E-state index in [1.54, 1.807) is 0 Å². The van der Waals surface area contributed by atoms with Crippen molar-refractivity contribution in [3.05, 3.63) is 47.4 Å². The van der Waals surface area contributed by atoms with Crippen LogP contribution < -0.4 is 4.74 Å². The molecule has 3 rings (SSSR count). The van der Waals surface area contributed by atoms with E-state index < -0.39 is 0 Å². The Morgan fingerprint density at radius 1 is 1.26 bits per heavy atom. The zero-order valence-electron chi connectivity index (χ0n) is 13.2. The Hall–Kier alpha value is -1.79. The van der Waals surface area contributed by atoms with Crippen LogP contribution >= 0.6 is 11.7 Å². The van der Waals surface area contributed by atoms with Crippen molar-refractivity contribution in [1.29, 1.82) is 0 Å². The van der Waals surface area contributed by atoms with Gasteiger partial charge in [0, 0.05) is 13.1 Å². The first-order chi connectivity index (χ1) is 11.2. The molecule has 2 aromatic rings. The molecule has 0 spiro atoms. The lowest BCUT2D eigenvalue weighted by atomic mass is 10.1. The third kappa shape index (κ3) is 4.36. The molecule has 0 bridgehead atoms. The van der Waals surface area contributed by atoms with Gasteiger partial charge in [0.25, 0.3) is 5.88 Å². The average molecular weight is 333 g/mol. The molecule has 1 aromatic carbocycles. The maximum Gasteiger partial charge on any atom is 0.253 e. The number of rotatable bonds is 6. The number of hydrogen-bond donors (Lipinski definition) is 0. The summed E-state index contributed by atoms with van der Waals surface area (Å²) in [6.45, 7) is 2.55. The first-order valence-electron chi connectivity index (χ1n) is 7.80. The van der Waals surface area contributed by atoms with Gasteiger partial charge in [-0.1, -0.05) is 18.2 Å². The van der Waals surface area contributed by atoms with Crippen LogP contribution in [0.1, 0.15) is 24.1 Å². The summed E-state index contributed by atoms with van der Waals surface area (Å²) in [5.41, 5.74) is 3.19. The molecule has 1 aliphatic rings. The minimum atomic E-state index is -0.200. The van der Waals surface area contributed by atoms with Gasteiger partial charge in [-0.25, -0.2) is 4.39 Å². The zero-order chi connectivity index (χ0) is 16.1. The number of likely N-dealkylation sites (N-methyl/N-ethyl adjacent to an activating group) is 1. The highest BCUT2D eigenvalue weighted by Crippen LogP contribution is 2.27. The topological polar surface area (TPSA) is 38.2 Å². The second kappa shape index (κ2) is 7.66. The number of aromatic nitrogens is 2. The standard InChI is InChI=1S/C17H20FN3OS/c1-21-10-2-5-14(12-21)16-17(20-23-19-16)22-11-3-4-13-6-8-15(18)9-7-13/h5-9H,2-4,10-12H2,1H3. The Bertz CT molecular complexity index is 669. The van der Waals surface area contributed by atoms with Crippen LogP contribution in [0.2, 0.25) is 0 Å². The van der Waals surface area contributed by atoms with E-state index in [1.807, 2.05) is 12.1 Å². The number of aryl methyl sites for hydroxylation is 1. The third-order valence-corrected chi connectivity index (χ3v) is 4.38. The Labute approximate surface area is 139 Å². The molecule has 1 aromatic heterocycles. The van der Waals surface area contributed by atoms with Crippen molar-refractivity contribution in [3.8, 4) is 5.88 Å². The summed E-state index contributed by atoms with van der Waals surface area (Å²) >= 11 is 1.19. The van der Waals surface area contributed by atoms with E-state index in [0.717, 1.165) is 43.6 Å². The molecule has 4 nitrogen and oxygen atoms in total. The van der Waals surface area contributed by atoms with Gasteiger partial charge in [-0.15, -0.1) is 4.37 Å². The Morgan fingerprint density at radius 3 is 2.87 bits per heavy atom. The Balaban J connectivity index is 1.52. The van der Waals surface area contributed by atoms with E-state index in [9.17, 15) is 4.39 Å². The van der Waals surface area contributed by atoms with Gasteiger partial charge in [0.05, 0.1) is 18.3 Å². The number of ether oxygens (including phenoxy) is 1. The summed E-state index contributed by atoms with van der Waals surface area (Å²) in [6.07, 6.45) is 4.98. The number of hydrogen-bond acceptors (Lipinski definition) is 5. The second-order valence-corrected chi connectivity index (χ2v) is 6.28. The lowest BCUT2D eigenvalue weighted by molar-refractivity contribution is 0.300. The fourth-order valence-electron chi connectivity index (χ4n) is 2.63. The molecule has 0 unspecified atom stereocenters. The summed E-state index contributed by atoms with van der Waals surface area (Å²) in [5, 5.41) is 0. The van der Waals surface area contributed by atoms with Crippen LogP contribution in [0.15, 0.2) is 30.3 Å². The van der Waals surface area contributed by atoms with E-state index >= 15 is 0 Å². The van der Waals surface area contributed by atoms with Gasteiger partial charge >= 0.3 is 0 Å². The van der Waals surface area contributed by atoms with Gasteiger partial charge in [-0.05, 0) is 49.6 Å². The molecule has 1 aliphatic heterocycles. The van der Waals surface area contributed by atoms with E-state index in [2.05, 4.69) is 26.8 Å². The number of nitrogens with zero attached hydrogens (tertiary/aromatic N) is 3. The van der Waals surface area contributed by atoms with Gasteiger partial charge in [-0.2, -0.15) is 4.37 Å². The van der Waals surface area contributed by atoms with E-state index in [0.29, 0.717) is 12.5 Å². The van der Waals surface area contributed by atoms with Crippen LogP contribution in [0.4, 0.5) is 4.39 Å². The van der Waals surface area contributed by atoms with Gasteiger partial charge < -0.3 is 9.64 Å². The van der Waals surface area contributed by atoms with Crippen LogP contribution in [0.25, 0.3) is 5.57 Å². The van der Waals surface area contributed by atoms with Crippen LogP contribution in [0, 0.1) is 5.82 Å². The van der Waals surface area contributed by atoms with E-state index in [4.69, 9.17) is 4.74 Å². The lowest BCUT2D eigenvalue weighted by Crippen LogP contribution is -2.25. The van der Waals surface area contributed by atoms with Crippen LogP contribution in [-0.2, 0) is 6.42 Å². The third-order valence-electron chi connectivity index (χ3n) is 3.87. The fraction of sp³-hybridized carbons (Fsp3) is 0.412. The van der Waals surface area contributed by atoms with Crippen LogP contribution in [0.5, 0.6) is 5.88 Å². The maximum atomic E-state index is 12.9. The molecule has 6 heteroatoms. The Kier molecular flexibility index (Phi) is 5.35. The summed E-state index contributed by atoms with van der Waals surface area (Å²) in [6, 6.07) is 6.61. The predicted molar refractivity (Wildman–Crippen MR) is 90.2 cm³/mol. The Morgan fingerprint density at radius 2 is 2.09 bits per heavy atom. The van der Waals surface area contributed by atoms with Gasteiger partial charge in [-0.3, -0.25) is 0 Å². The first kappa shape index (κ1) is 16.1. The monoisotopic (exact) mass is 333 g/mol. The molecule has 2 heterocycles.